The molecule has 1 unspecified atom stereocenters. The van der Waals surface area contributed by atoms with E-state index in [4.69, 9.17) is 18.9 Å². The number of carbonyl (C=O) groups excluding carboxylic acids is 1. The SMILES string of the molecule is CCOC(=O)c1ccc(OCC2CO2)c(OCC)c1. The van der Waals surface area contributed by atoms with Crippen LogP contribution in [0.4, 0.5) is 0 Å². The van der Waals surface area contributed by atoms with Gasteiger partial charge in [-0.3, -0.25) is 0 Å². The van der Waals surface area contributed by atoms with Crippen LogP contribution in [0.3, 0.4) is 0 Å². The van der Waals surface area contributed by atoms with E-state index in [1.165, 1.54) is 0 Å². The molecular formula is C14H18O5. The average molecular weight is 266 g/mol. The Morgan fingerprint density at radius 1 is 1.26 bits per heavy atom. The molecule has 0 spiro atoms. The molecule has 1 fully saturated rings. The minimum Gasteiger partial charge on any atom is -0.490 e. The molecule has 5 nitrogen and oxygen atoms in total. The van der Waals surface area contributed by atoms with Crippen molar-refractivity contribution >= 4 is 5.97 Å². The van der Waals surface area contributed by atoms with E-state index in [1.54, 1.807) is 25.1 Å². The third-order valence-corrected chi connectivity index (χ3v) is 2.58. The number of esters is 1. The lowest BCUT2D eigenvalue weighted by atomic mass is 10.2. The average Bonchev–Trinajstić information content (AvgIpc) is 3.22. The molecule has 0 radical (unpaired) electrons. The van der Waals surface area contributed by atoms with Gasteiger partial charge in [0.05, 0.1) is 25.4 Å². The van der Waals surface area contributed by atoms with Crippen molar-refractivity contribution < 1.29 is 23.7 Å². The fourth-order valence-corrected chi connectivity index (χ4v) is 1.58. The van der Waals surface area contributed by atoms with Crippen molar-refractivity contribution in [1.29, 1.82) is 0 Å². The largest absolute Gasteiger partial charge is 0.490 e. The van der Waals surface area contributed by atoms with E-state index in [0.29, 0.717) is 36.9 Å². The third kappa shape index (κ3) is 3.86. The molecule has 0 bridgehead atoms. The van der Waals surface area contributed by atoms with Gasteiger partial charge in [-0.1, -0.05) is 0 Å². The summed E-state index contributed by atoms with van der Waals surface area (Å²) >= 11 is 0. The molecule has 0 saturated carbocycles. The summed E-state index contributed by atoms with van der Waals surface area (Å²) < 4.78 is 21.1. The molecule has 1 heterocycles. The lowest BCUT2D eigenvalue weighted by Gasteiger charge is -2.12. The van der Waals surface area contributed by atoms with Crippen LogP contribution in [-0.4, -0.2) is 38.5 Å². The second kappa shape index (κ2) is 6.43. The molecule has 1 aromatic carbocycles. The molecule has 0 aromatic heterocycles. The van der Waals surface area contributed by atoms with Crippen LogP contribution in [0.2, 0.25) is 0 Å². The molecule has 1 aromatic rings. The first-order valence-corrected chi connectivity index (χ1v) is 6.43. The van der Waals surface area contributed by atoms with Gasteiger partial charge < -0.3 is 18.9 Å². The van der Waals surface area contributed by atoms with E-state index in [9.17, 15) is 4.79 Å². The Morgan fingerprint density at radius 2 is 2.05 bits per heavy atom. The molecule has 1 aliphatic rings. The molecule has 1 atom stereocenters. The lowest BCUT2D eigenvalue weighted by molar-refractivity contribution is 0.0525. The highest BCUT2D eigenvalue weighted by molar-refractivity contribution is 5.90. The highest BCUT2D eigenvalue weighted by atomic mass is 16.6. The molecule has 19 heavy (non-hydrogen) atoms. The minimum absolute atomic E-state index is 0.180. The van der Waals surface area contributed by atoms with Gasteiger partial charge in [-0.15, -0.1) is 0 Å². The van der Waals surface area contributed by atoms with E-state index in [2.05, 4.69) is 0 Å². The molecule has 1 aliphatic heterocycles. The molecule has 0 N–H and O–H groups in total. The summed E-state index contributed by atoms with van der Waals surface area (Å²) in [7, 11) is 0. The second-order valence-corrected chi connectivity index (χ2v) is 4.08. The molecule has 2 rings (SSSR count). The highest BCUT2D eigenvalue weighted by Gasteiger charge is 2.24. The maximum absolute atomic E-state index is 11.6. The van der Waals surface area contributed by atoms with Crippen LogP contribution >= 0.6 is 0 Å². The van der Waals surface area contributed by atoms with Gasteiger partial charge in [-0.25, -0.2) is 4.79 Å². The van der Waals surface area contributed by atoms with Gasteiger partial charge in [0.25, 0.3) is 0 Å². The number of hydrogen-bond acceptors (Lipinski definition) is 5. The number of hydrogen-bond donors (Lipinski definition) is 0. The zero-order chi connectivity index (χ0) is 13.7. The van der Waals surface area contributed by atoms with Crippen LogP contribution in [0.15, 0.2) is 18.2 Å². The Balaban J connectivity index is 2.10. The van der Waals surface area contributed by atoms with Crippen molar-refractivity contribution in [2.24, 2.45) is 0 Å². The van der Waals surface area contributed by atoms with E-state index in [1.807, 2.05) is 6.92 Å². The predicted octanol–water partition coefficient (Wildman–Crippen LogP) is 2.04. The Hall–Kier alpha value is -1.75. The summed E-state index contributed by atoms with van der Waals surface area (Å²) in [4.78, 5) is 11.6. The van der Waals surface area contributed by atoms with E-state index >= 15 is 0 Å². The predicted molar refractivity (Wildman–Crippen MR) is 68.8 cm³/mol. The molecule has 104 valence electrons. The number of carbonyl (C=O) groups is 1. The van der Waals surface area contributed by atoms with Crippen LogP contribution in [-0.2, 0) is 9.47 Å². The first-order valence-electron chi connectivity index (χ1n) is 6.43. The number of rotatable bonds is 7. The maximum Gasteiger partial charge on any atom is 0.338 e. The Kier molecular flexibility index (Phi) is 4.63. The Morgan fingerprint density at radius 3 is 2.68 bits per heavy atom. The summed E-state index contributed by atoms with van der Waals surface area (Å²) in [6, 6.07) is 5.04. The summed E-state index contributed by atoms with van der Waals surface area (Å²) in [5.74, 6) is 0.805. The summed E-state index contributed by atoms with van der Waals surface area (Å²) in [5.41, 5.74) is 0.459. The van der Waals surface area contributed by atoms with E-state index in [0.717, 1.165) is 6.61 Å². The Bertz CT molecular complexity index is 439. The summed E-state index contributed by atoms with van der Waals surface area (Å²) in [5, 5.41) is 0. The fourth-order valence-electron chi connectivity index (χ4n) is 1.58. The van der Waals surface area contributed by atoms with Crippen molar-refractivity contribution in [2.45, 2.75) is 20.0 Å². The highest BCUT2D eigenvalue weighted by Crippen LogP contribution is 2.29. The van der Waals surface area contributed by atoms with Gasteiger partial charge in [0.2, 0.25) is 0 Å². The summed E-state index contributed by atoms with van der Waals surface area (Å²) in [6.45, 7) is 5.74. The van der Waals surface area contributed by atoms with Crippen LogP contribution < -0.4 is 9.47 Å². The van der Waals surface area contributed by atoms with Crippen molar-refractivity contribution in [3.05, 3.63) is 23.8 Å². The van der Waals surface area contributed by atoms with Gasteiger partial charge in [0, 0.05) is 0 Å². The van der Waals surface area contributed by atoms with Gasteiger partial charge in [-0.2, -0.15) is 0 Å². The molecule has 0 aliphatic carbocycles. The standard InChI is InChI=1S/C14H18O5/c1-3-16-13-7-10(14(15)17-4-2)5-6-12(13)19-9-11-8-18-11/h5-7,11H,3-4,8-9H2,1-2H3. The maximum atomic E-state index is 11.6. The zero-order valence-electron chi connectivity index (χ0n) is 11.2. The Labute approximate surface area is 112 Å². The smallest absolute Gasteiger partial charge is 0.338 e. The zero-order valence-corrected chi connectivity index (χ0v) is 11.2. The van der Waals surface area contributed by atoms with Gasteiger partial charge in [0.15, 0.2) is 11.5 Å². The second-order valence-electron chi connectivity index (χ2n) is 4.08. The molecule has 0 amide bonds. The third-order valence-electron chi connectivity index (χ3n) is 2.58. The number of ether oxygens (including phenoxy) is 4. The minimum atomic E-state index is -0.361. The fraction of sp³-hybridized carbons (Fsp3) is 0.500. The molecule has 1 saturated heterocycles. The first kappa shape index (κ1) is 13.7. The van der Waals surface area contributed by atoms with Gasteiger partial charge in [-0.05, 0) is 32.0 Å². The van der Waals surface area contributed by atoms with E-state index in [-0.39, 0.29) is 12.1 Å². The van der Waals surface area contributed by atoms with E-state index < -0.39 is 0 Å². The quantitative estimate of drug-likeness (QED) is 0.558. The number of benzene rings is 1. The van der Waals surface area contributed by atoms with Crippen LogP contribution in [0, 0.1) is 0 Å². The first-order chi connectivity index (χ1) is 9.24. The molecule has 5 heteroatoms. The molecular weight excluding hydrogens is 248 g/mol. The van der Waals surface area contributed by atoms with Crippen molar-refractivity contribution in [3.8, 4) is 11.5 Å². The lowest BCUT2D eigenvalue weighted by Crippen LogP contribution is -2.08. The van der Waals surface area contributed by atoms with Gasteiger partial charge >= 0.3 is 5.97 Å². The van der Waals surface area contributed by atoms with Crippen molar-refractivity contribution in [1.82, 2.24) is 0 Å². The monoisotopic (exact) mass is 266 g/mol. The summed E-state index contributed by atoms with van der Waals surface area (Å²) in [6.07, 6.45) is 0.180. The van der Waals surface area contributed by atoms with Crippen LogP contribution in [0.5, 0.6) is 11.5 Å². The van der Waals surface area contributed by atoms with Crippen molar-refractivity contribution in [3.63, 3.8) is 0 Å². The van der Waals surface area contributed by atoms with Crippen LogP contribution in [0.1, 0.15) is 24.2 Å². The normalized spacial score (nSPS) is 16.8. The number of epoxide rings is 1. The topological polar surface area (TPSA) is 57.3 Å². The van der Waals surface area contributed by atoms with Crippen molar-refractivity contribution in [2.75, 3.05) is 26.4 Å². The van der Waals surface area contributed by atoms with Gasteiger partial charge in [0.1, 0.15) is 12.7 Å². The van der Waals surface area contributed by atoms with Crippen LogP contribution in [0.25, 0.3) is 0 Å².